The Hall–Kier alpha value is -2.34. The molecule has 6 heteroatoms. The lowest BCUT2D eigenvalue weighted by atomic mass is 10.2. The van der Waals surface area contributed by atoms with Gasteiger partial charge >= 0.3 is 11.8 Å². The van der Waals surface area contributed by atoms with Crippen LogP contribution in [0.3, 0.4) is 0 Å². The number of benzene rings is 1. The molecule has 1 heterocycles. The normalized spacial score (nSPS) is 12.1. The summed E-state index contributed by atoms with van der Waals surface area (Å²) in [5.74, 6) is -1.49. The Labute approximate surface area is 122 Å². The maximum atomic E-state index is 11.8. The van der Waals surface area contributed by atoms with Crippen LogP contribution in [0, 0.1) is 6.92 Å². The highest BCUT2D eigenvalue weighted by atomic mass is 16.3. The summed E-state index contributed by atoms with van der Waals surface area (Å²) in [5.41, 5.74) is 2.56. The largest absolute Gasteiger partial charge is 0.394 e. The monoisotopic (exact) mass is 289 g/mol. The van der Waals surface area contributed by atoms with E-state index in [1.54, 1.807) is 12.1 Å². The smallest absolute Gasteiger partial charge is 0.313 e. The number of rotatable bonds is 4. The number of aromatic nitrogens is 1. The van der Waals surface area contributed by atoms with Crippen LogP contribution in [0.2, 0.25) is 0 Å². The van der Waals surface area contributed by atoms with E-state index in [9.17, 15) is 9.59 Å². The van der Waals surface area contributed by atoms with Gasteiger partial charge < -0.3 is 20.7 Å². The predicted octanol–water partition coefficient (Wildman–Crippen LogP) is 1.30. The summed E-state index contributed by atoms with van der Waals surface area (Å²) in [7, 11) is 0. The number of nitrogens with one attached hydrogen (secondary N) is 3. The predicted molar refractivity (Wildman–Crippen MR) is 81.0 cm³/mol. The van der Waals surface area contributed by atoms with Crippen LogP contribution in [0.4, 0.5) is 5.69 Å². The summed E-state index contributed by atoms with van der Waals surface area (Å²) < 4.78 is 0. The summed E-state index contributed by atoms with van der Waals surface area (Å²) >= 11 is 0. The second kappa shape index (κ2) is 6.41. The molecule has 0 saturated heterocycles. The Balaban J connectivity index is 2.05. The van der Waals surface area contributed by atoms with Crippen LogP contribution in [-0.2, 0) is 9.59 Å². The number of aliphatic hydroxyl groups excluding tert-OH is 1. The van der Waals surface area contributed by atoms with Crippen molar-refractivity contribution in [1.82, 2.24) is 10.3 Å². The van der Waals surface area contributed by atoms with Gasteiger partial charge in [0.05, 0.1) is 12.6 Å². The Morgan fingerprint density at radius 1 is 1.29 bits per heavy atom. The first-order valence-corrected chi connectivity index (χ1v) is 6.85. The maximum Gasteiger partial charge on any atom is 0.313 e. The first-order valence-electron chi connectivity index (χ1n) is 6.85. The van der Waals surface area contributed by atoms with E-state index in [0.29, 0.717) is 12.1 Å². The molecule has 0 aliphatic carbocycles. The van der Waals surface area contributed by atoms with Crippen molar-refractivity contribution in [1.29, 1.82) is 0 Å². The quantitative estimate of drug-likeness (QED) is 0.639. The second-order valence-electron chi connectivity index (χ2n) is 4.97. The van der Waals surface area contributed by atoms with E-state index in [0.717, 1.165) is 16.6 Å². The van der Waals surface area contributed by atoms with Crippen molar-refractivity contribution in [3.05, 3.63) is 30.0 Å². The van der Waals surface area contributed by atoms with Crippen molar-refractivity contribution in [2.45, 2.75) is 26.3 Å². The number of aromatic amines is 1. The van der Waals surface area contributed by atoms with Crippen molar-refractivity contribution in [3.63, 3.8) is 0 Å². The number of H-pyrrole nitrogens is 1. The number of hydrogen-bond acceptors (Lipinski definition) is 3. The molecule has 1 unspecified atom stereocenters. The molecule has 2 amide bonds. The van der Waals surface area contributed by atoms with Crippen molar-refractivity contribution >= 4 is 28.4 Å². The lowest BCUT2D eigenvalue weighted by molar-refractivity contribution is -0.136. The average Bonchev–Trinajstić information content (AvgIpc) is 2.83. The van der Waals surface area contributed by atoms with Crippen LogP contribution >= 0.6 is 0 Å². The maximum absolute atomic E-state index is 11.8. The van der Waals surface area contributed by atoms with Gasteiger partial charge in [0.2, 0.25) is 0 Å². The third-order valence-corrected chi connectivity index (χ3v) is 3.27. The minimum atomic E-state index is -0.749. The lowest BCUT2D eigenvalue weighted by Crippen LogP contribution is -2.43. The van der Waals surface area contributed by atoms with Gasteiger partial charge in [-0.2, -0.15) is 0 Å². The van der Waals surface area contributed by atoms with Gasteiger partial charge in [-0.25, -0.2) is 0 Å². The highest BCUT2D eigenvalue weighted by molar-refractivity contribution is 6.39. The standard InChI is InChI=1S/C15H19N3O3/c1-3-11(8-19)17-14(20)15(21)18-12-4-5-13-10(7-12)6-9(2)16-13/h4-7,11,16,19H,3,8H2,1-2H3,(H,17,20)(H,18,21). The average molecular weight is 289 g/mol. The fraction of sp³-hybridized carbons (Fsp3) is 0.333. The molecule has 1 atom stereocenters. The Morgan fingerprint density at radius 3 is 2.71 bits per heavy atom. The van der Waals surface area contributed by atoms with E-state index in [4.69, 9.17) is 5.11 Å². The van der Waals surface area contributed by atoms with Crippen LogP contribution in [0.15, 0.2) is 24.3 Å². The number of anilines is 1. The molecular weight excluding hydrogens is 270 g/mol. The molecule has 6 nitrogen and oxygen atoms in total. The van der Waals surface area contributed by atoms with E-state index in [2.05, 4.69) is 15.6 Å². The summed E-state index contributed by atoms with van der Waals surface area (Å²) in [6.45, 7) is 3.58. The molecule has 0 aliphatic rings. The van der Waals surface area contributed by atoms with Gasteiger partial charge in [0.1, 0.15) is 0 Å². The topological polar surface area (TPSA) is 94.2 Å². The van der Waals surface area contributed by atoms with Gasteiger partial charge in [-0.1, -0.05) is 6.92 Å². The molecule has 1 aromatic carbocycles. The van der Waals surface area contributed by atoms with Crippen LogP contribution in [0.25, 0.3) is 10.9 Å². The number of hydrogen-bond donors (Lipinski definition) is 4. The van der Waals surface area contributed by atoms with Crippen LogP contribution < -0.4 is 10.6 Å². The number of aliphatic hydroxyl groups is 1. The molecule has 4 N–H and O–H groups in total. The number of amides is 2. The minimum Gasteiger partial charge on any atom is -0.394 e. The highest BCUT2D eigenvalue weighted by Crippen LogP contribution is 2.19. The zero-order chi connectivity index (χ0) is 15.4. The van der Waals surface area contributed by atoms with Crippen molar-refractivity contribution in [3.8, 4) is 0 Å². The van der Waals surface area contributed by atoms with E-state index in [-0.39, 0.29) is 6.61 Å². The van der Waals surface area contributed by atoms with E-state index >= 15 is 0 Å². The van der Waals surface area contributed by atoms with Crippen LogP contribution in [0.1, 0.15) is 19.0 Å². The van der Waals surface area contributed by atoms with E-state index in [1.165, 1.54) is 0 Å². The van der Waals surface area contributed by atoms with Gasteiger partial charge in [-0.05, 0) is 37.6 Å². The molecule has 0 aliphatic heterocycles. The number of carbonyl (C=O) groups excluding carboxylic acids is 2. The van der Waals surface area contributed by atoms with Crippen molar-refractivity contribution in [2.75, 3.05) is 11.9 Å². The molecule has 1 aromatic heterocycles. The lowest BCUT2D eigenvalue weighted by Gasteiger charge is -2.13. The second-order valence-corrected chi connectivity index (χ2v) is 4.97. The van der Waals surface area contributed by atoms with Gasteiger partial charge in [-0.15, -0.1) is 0 Å². The molecule has 21 heavy (non-hydrogen) atoms. The molecule has 0 fully saturated rings. The van der Waals surface area contributed by atoms with E-state index < -0.39 is 17.9 Å². The molecule has 0 bridgehead atoms. The molecular formula is C15H19N3O3. The Bertz CT molecular complexity index is 659. The van der Waals surface area contributed by atoms with Crippen molar-refractivity contribution < 1.29 is 14.7 Å². The number of fused-ring (bicyclic) bond motifs is 1. The molecule has 2 rings (SSSR count). The number of aryl methyl sites for hydroxylation is 1. The molecule has 0 radical (unpaired) electrons. The Morgan fingerprint density at radius 2 is 2.05 bits per heavy atom. The van der Waals surface area contributed by atoms with Crippen LogP contribution in [0.5, 0.6) is 0 Å². The summed E-state index contributed by atoms with van der Waals surface area (Å²) in [4.78, 5) is 26.7. The summed E-state index contributed by atoms with van der Waals surface area (Å²) in [6.07, 6.45) is 0.560. The Kier molecular flexibility index (Phi) is 4.59. The van der Waals surface area contributed by atoms with Crippen molar-refractivity contribution in [2.24, 2.45) is 0 Å². The molecule has 112 valence electrons. The van der Waals surface area contributed by atoms with Gasteiger partial charge in [0.25, 0.3) is 0 Å². The van der Waals surface area contributed by atoms with Crippen LogP contribution in [-0.4, -0.2) is 34.6 Å². The minimum absolute atomic E-state index is 0.190. The zero-order valence-electron chi connectivity index (χ0n) is 12.1. The molecule has 2 aromatic rings. The third kappa shape index (κ3) is 3.61. The summed E-state index contributed by atoms with van der Waals surface area (Å²) in [6, 6.07) is 6.93. The molecule has 0 saturated carbocycles. The fourth-order valence-electron chi connectivity index (χ4n) is 2.07. The van der Waals surface area contributed by atoms with Gasteiger partial charge in [0, 0.05) is 22.3 Å². The van der Waals surface area contributed by atoms with Gasteiger partial charge in [-0.3, -0.25) is 9.59 Å². The SMILES string of the molecule is CCC(CO)NC(=O)C(=O)Nc1ccc2[nH]c(C)cc2c1. The van der Waals surface area contributed by atoms with E-state index in [1.807, 2.05) is 26.0 Å². The zero-order valence-corrected chi connectivity index (χ0v) is 12.1. The first-order chi connectivity index (χ1) is 10.0. The van der Waals surface area contributed by atoms with Gasteiger partial charge in [0.15, 0.2) is 0 Å². The molecule has 0 spiro atoms. The first kappa shape index (κ1) is 15.1. The third-order valence-electron chi connectivity index (χ3n) is 3.27. The highest BCUT2D eigenvalue weighted by Gasteiger charge is 2.17. The summed E-state index contributed by atoms with van der Waals surface area (Å²) in [5, 5.41) is 15.0. The fourth-order valence-corrected chi connectivity index (χ4v) is 2.07. The number of carbonyl (C=O) groups is 2.